The van der Waals surface area contributed by atoms with Crippen molar-refractivity contribution in [3.8, 4) is 0 Å². The fourth-order valence-corrected chi connectivity index (χ4v) is 4.24. The normalized spacial score (nSPS) is 20.6. The number of rotatable bonds is 4. The summed E-state index contributed by atoms with van der Waals surface area (Å²) in [7, 11) is 0. The lowest BCUT2D eigenvalue weighted by Crippen LogP contribution is -2.56. The van der Waals surface area contributed by atoms with E-state index in [2.05, 4.69) is 10.3 Å². The van der Waals surface area contributed by atoms with Gasteiger partial charge in [0.15, 0.2) is 0 Å². The van der Waals surface area contributed by atoms with E-state index in [4.69, 9.17) is 4.74 Å². The van der Waals surface area contributed by atoms with Crippen molar-refractivity contribution in [3.05, 3.63) is 65.7 Å². The summed E-state index contributed by atoms with van der Waals surface area (Å²) in [4.78, 5) is 31.9. The number of halogens is 1. The van der Waals surface area contributed by atoms with Crippen LogP contribution in [0.4, 0.5) is 4.39 Å². The lowest BCUT2D eigenvalue weighted by Gasteiger charge is -2.41. The van der Waals surface area contributed by atoms with Gasteiger partial charge in [0.2, 0.25) is 5.91 Å². The molecule has 7 heteroatoms. The summed E-state index contributed by atoms with van der Waals surface area (Å²) in [5.74, 6) is -1.12. The monoisotopic (exact) mass is 397 g/mol. The van der Waals surface area contributed by atoms with Crippen molar-refractivity contribution in [2.24, 2.45) is 0 Å². The van der Waals surface area contributed by atoms with Gasteiger partial charge in [0.1, 0.15) is 17.6 Å². The number of nitrogens with one attached hydrogen (secondary N) is 1. The Morgan fingerprint density at radius 1 is 1.17 bits per heavy atom. The molecule has 2 amide bonds. The van der Waals surface area contributed by atoms with Crippen LogP contribution in [0, 0.1) is 5.82 Å². The Balaban J connectivity index is 1.58. The van der Waals surface area contributed by atoms with Crippen LogP contribution in [0.3, 0.4) is 0 Å². The largest absolute Gasteiger partial charge is 0.353 e. The van der Waals surface area contributed by atoms with Crippen molar-refractivity contribution in [3.63, 3.8) is 0 Å². The van der Waals surface area contributed by atoms with Gasteiger partial charge >= 0.3 is 0 Å². The maximum atomic E-state index is 13.7. The Labute approximate surface area is 169 Å². The molecule has 2 aliphatic rings. The Bertz CT molecular complexity index is 884. The SMILES string of the molecule is O=C(NCc1ccncc1)C1COC2(CCCCC2)N1C(=O)c1cccc(F)c1. The average Bonchev–Trinajstić information content (AvgIpc) is 3.11. The molecule has 29 heavy (non-hydrogen) atoms. The first kappa shape index (κ1) is 19.5. The first-order valence-electron chi connectivity index (χ1n) is 9.99. The van der Waals surface area contributed by atoms with Crippen LogP contribution >= 0.6 is 0 Å². The molecule has 1 atom stereocenters. The summed E-state index contributed by atoms with van der Waals surface area (Å²) >= 11 is 0. The number of ether oxygens (including phenoxy) is 1. The highest BCUT2D eigenvalue weighted by Gasteiger charge is 2.52. The van der Waals surface area contributed by atoms with Crippen LogP contribution in [0.2, 0.25) is 0 Å². The van der Waals surface area contributed by atoms with Crippen molar-refractivity contribution in [1.82, 2.24) is 15.2 Å². The Hall–Kier alpha value is -2.80. The molecule has 1 saturated carbocycles. The molecule has 1 aromatic heterocycles. The molecule has 0 radical (unpaired) electrons. The van der Waals surface area contributed by atoms with Crippen LogP contribution in [0.25, 0.3) is 0 Å². The minimum Gasteiger partial charge on any atom is -0.353 e. The first-order chi connectivity index (χ1) is 14.1. The van der Waals surface area contributed by atoms with E-state index in [1.807, 2.05) is 12.1 Å². The number of benzene rings is 1. The van der Waals surface area contributed by atoms with Gasteiger partial charge in [-0.25, -0.2) is 4.39 Å². The number of pyridine rings is 1. The zero-order chi connectivity index (χ0) is 20.3. The summed E-state index contributed by atoms with van der Waals surface area (Å²) in [6.45, 7) is 0.482. The van der Waals surface area contributed by atoms with Crippen LogP contribution in [0.1, 0.15) is 48.0 Å². The lowest BCUT2D eigenvalue weighted by molar-refractivity contribution is -0.127. The summed E-state index contributed by atoms with van der Waals surface area (Å²) < 4.78 is 19.8. The number of hydrogen-bond acceptors (Lipinski definition) is 4. The molecule has 1 spiro atoms. The third-order valence-electron chi connectivity index (χ3n) is 5.70. The van der Waals surface area contributed by atoms with Crippen LogP contribution in [-0.2, 0) is 16.1 Å². The van der Waals surface area contributed by atoms with Gasteiger partial charge in [-0.1, -0.05) is 12.5 Å². The van der Waals surface area contributed by atoms with Gasteiger partial charge in [-0.3, -0.25) is 19.5 Å². The van der Waals surface area contributed by atoms with E-state index in [9.17, 15) is 14.0 Å². The van der Waals surface area contributed by atoms with Gasteiger partial charge in [-0.2, -0.15) is 0 Å². The Morgan fingerprint density at radius 3 is 2.66 bits per heavy atom. The summed E-state index contributed by atoms with van der Waals surface area (Å²) in [6, 6.07) is 8.49. The molecule has 1 unspecified atom stereocenters. The Kier molecular flexibility index (Phi) is 5.58. The molecule has 1 aliphatic carbocycles. The van der Waals surface area contributed by atoms with Crippen LogP contribution in [0.5, 0.6) is 0 Å². The maximum Gasteiger partial charge on any atom is 0.256 e. The second-order valence-electron chi connectivity index (χ2n) is 7.59. The molecule has 4 rings (SSSR count). The Morgan fingerprint density at radius 2 is 1.93 bits per heavy atom. The highest BCUT2D eigenvalue weighted by Crippen LogP contribution is 2.41. The summed E-state index contributed by atoms with van der Waals surface area (Å²) in [6.07, 6.45) is 7.63. The van der Waals surface area contributed by atoms with Gasteiger partial charge in [0.25, 0.3) is 5.91 Å². The average molecular weight is 397 g/mol. The van der Waals surface area contributed by atoms with Crippen LogP contribution < -0.4 is 5.32 Å². The third-order valence-corrected chi connectivity index (χ3v) is 5.70. The van der Waals surface area contributed by atoms with Crippen molar-refractivity contribution >= 4 is 11.8 Å². The molecule has 1 aromatic carbocycles. The third kappa shape index (κ3) is 4.00. The summed E-state index contributed by atoms with van der Waals surface area (Å²) in [5, 5.41) is 2.90. The lowest BCUT2D eigenvalue weighted by atomic mass is 9.89. The van der Waals surface area contributed by atoms with Crippen molar-refractivity contribution in [1.29, 1.82) is 0 Å². The van der Waals surface area contributed by atoms with Crippen molar-refractivity contribution in [2.75, 3.05) is 6.61 Å². The fourth-order valence-electron chi connectivity index (χ4n) is 4.24. The number of amides is 2. The number of carbonyl (C=O) groups is 2. The number of aromatic nitrogens is 1. The molecule has 6 nitrogen and oxygen atoms in total. The molecule has 1 saturated heterocycles. The molecular weight excluding hydrogens is 373 g/mol. The smallest absolute Gasteiger partial charge is 0.256 e. The van der Waals surface area contributed by atoms with Gasteiger partial charge in [0.05, 0.1) is 6.61 Å². The second kappa shape index (κ2) is 8.29. The predicted octanol–water partition coefficient (Wildman–Crippen LogP) is 3.04. The second-order valence-corrected chi connectivity index (χ2v) is 7.59. The molecule has 152 valence electrons. The molecular formula is C22H24FN3O3. The van der Waals surface area contributed by atoms with Crippen LogP contribution in [-0.4, -0.2) is 40.1 Å². The molecule has 2 heterocycles. The molecule has 2 aromatic rings. The first-order valence-corrected chi connectivity index (χ1v) is 9.99. The topological polar surface area (TPSA) is 71.5 Å². The minimum atomic E-state index is -0.791. The number of hydrogen-bond donors (Lipinski definition) is 1. The van der Waals surface area contributed by atoms with Gasteiger partial charge < -0.3 is 10.1 Å². The van der Waals surface area contributed by atoms with E-state index in [1.54, 1.807) is 23.4 Å². The van der Waals surface area contributed by atoms with E-state index in [0.29, 0.717) is 19.4 Å². The van der Waals surface area contributed by atoms with E-state index in [-0.39, 0.29) is 24.0 Å². The van der Waals surface area contributed by atoms with Crippen LogP contribution in [0.15, 0.2) is 48.8 Å². The molecule has 0 bridgehead atoms. The molecule has 1 N–H and O–H groups in total. The number of carbonyl (C=O) groups excluding carboxylic acids is 2. The molecule has 1 aliphatic heterocycles. The van der Waals surface area contributed by atoms with E-state index in [0.717, 1.165) is 24.8 Å². The standard InChI is InChI=1S/C22H24FN3O3/c23-18-6-4-5-17(13-18)21(28)26-19(15-29-22(26)9-2-1-3-10-22)20(27)25-14-16-7-11-24-12-8-16/h4-8,11-13,19H,1-3,9-10,14-15H2,(H,25,27). The van der Waals surface area contributed by atoms with Crippen molar-refractivity contribution in [2.45, 2.75) is 50.4 Å². The van der Waals surface area contributed by atoms with Gasteiger partial charge in [-0.05, 0) is 61.6 Å². The van der Waals surface area contributed by atoms with Crippen molar-refractivity contribution < 1.29 is 18.7 Å². The maximum absolute atomic E-state index is 13.7. The quantitative estimate of drug-likeness (QED) is 0.861. The zero-order valence-corrected chi connectivity index (χ0v) is 16.1. The van der Waals surface area contributed by atoms with Gasteiger partial charge in [-0.15, -0.1) is 0 Å². The fraction of sp³-hybridized carbons (Fsp3) is 0.409. The van der Waals surface area contributed by atoms with E-state index >= 15 is 0 Å². The highest BCUT2D eigenvalue weighted by molar-refractivity contribution is 5.98. The van der Waals surface area contributed by atoms with E-state index < -0.39 is 17.6 Å². The van der Waals surface area contributed by atoms with E-state index in [1.165, 1.54) is 18.2 Å². The highest BCUT2D eigenvalue weighted by atomic mass is 19.1. The van der Waals surface area contributed by atoms with Gasteiger partial charge in [0, 0.05) is 24.5 Å². The number of nitrogens with zero attached hydrogens (tertiary/aromatic N) is 2. The minimum absolute atomic E-state index is 0.142. The summed E-state index contributed by atoms with van der Waals surface area (Å²) in [5.41, 5.74) is 0.357. The zero-order valence-electron chi connectivity index (χ0n) is 16.1. The predicted molar refractivity (Wildman–Crippen MR) is 104 cm³/mol. The molecule has 2 fully saturated rings.